The Kier molecular flexibility index (Phi) is 1.88. The number of methoxy groups -OCH3 is 1. The van der Waals surface area contributed by atoms with Crippen molar-refractivity contribution >= 4 is 27.0 Å². The maximum atomic E-state index is 10.9. The third-order valence-corrected chi connectivity index (χ3v) is 2.41. The normalized spacial score (nSPS) is 10.6. The summed E-state index contributed by atoms with van der Waals surface area (Å²) in [7, 11) is 1.58. The lowest BCUT2D eigenvalue weighted by Gasteiger charge is -2.01. The van der Waals surface area contributed by atoms with Crippen LogP contribution < -0.4 is 10.4 Å². The van der Waals surface area contributed by atoms with Gasteiger partial charge in [-0.05, 0) is 22.0 Å². The second-order valence-electron chi connectivity index (χ2n) is 2.61. The fourth-order valence-corrected chi connectivity index (χ4v) is 1.70. The fourth-order valence-electron chi connectivity index (χ4n) is 1.19. The first-order valence-corrected chi connectivity index (χ1v) is 4.45. The highest BCUT2D eigenvalue weighted by molar-refractivity contribution is 9.10. The molecule has 4 nitrogen and oxygen atoms in total. The Bertz CT molecular complexity index is 500. The molecule has 0 amide bonds. The van der Waals surface area contributed by atoms with Crippen LogP contribution in [0.2, 0.25) is 0 Å². The van der Waals surface area contributed by atoms with Gasteiger partial charge in [-0.15, -0.1) is 0 Å². The van der Waals surface area contributed by atoms with E-state index in [1.807, 2.05) is 0 Å². The van der Waals surface area contributed by atoms with Crippen LogP contribution in [-0.2, 0) is 0 Å². The van der Waals surface area contributed by atoms with E-state index in [2.05, 4.69) is 25.9 Å². The number of hydrogen-bond donors (Lipinski definition) is 2. The molecule has 0 aliphatic carbocycles. The van der Waals surface area contributed by atoms with Gasteiger partial charge in [-0.3, -0.25) is 0 Å². The first kappa shape index (κ1) is 8.37. The SMILES string of the molecule is COc1cc2[nH]c(=O)[nH]c2cc1Br. The number of nitrogens with one attached hydrogen (secondary N) is 2. The van der Waals surface area contributed by atoms with Crippen molar-refractivity contribution in [2.45, 2.75) is 0 Å². The molecule has 0 spiro atoms. The van der Waals surface area contributed by atoms with E-state index in [0.29, 0.717) is 5.75 Å². The number of H-pyrrole nitrogens is 2. The van der Waals surface area contributed by atoms with Gasteiger partial charge in [-0.2, -0.15) is 0 Å². The third-order valence-electron chi connectivity index (χ3n) is 1.79. The summed E-state index contributed by atoms with van der Waals surface area (Å²) in [5.41, 5.74) is 1.29. The van der Waals surface area contributed by atoms with Crippen molar-refractivity contribution in [2.75, 3.05) is 7.11 Å². The number of aromatic nitrogens is 2. The molecule has 13 heavy (non-hydrogen) atoms. The molecule has 0 bridgehead atoms. The number of imidazole rings is 1. The number of fused-ring (bicyclic) bond motifs is 1. The molecule has 0 fully saturated rings. The molecule has 2 rings (SSSR count). The number of benzene rings is 1. The van der Waals surface area contributed by atoms with Crippen molar-refractivity contribution in [3.8, 4) is 5.75 Å². The van der Waals surface area contributed by atoms with Crippen molar-refractivity contribution in [1.29, 1.82) is 0 Å². The lowest BCUT2D eigenvalue weighted by Crippen LogP contribution is -1.99. The molecule has 0 saturated carbocycles. The van der Waals surface area contributed by atoms with Gasteiger partial charge in [-0.25, -0.2) is 4.79 Å². The standard InChI is InChI=1S/C8H7BrN2O2/c1-13-7-3-6-5(2-4(7)9)10-8(12)11-6/h2-3H,1H3,(H2,10,11,12). The molecule has 0 saturated heterocycles. The van der Waals surface area contributed by atoms with Gasteiger partial charge in [0.15, 0.2) is 0 Å². The molecule has 0 aliphatic rings. The second kappa shape index (κ2) is 2.92. The van der Waals surface area contributed by atoms with Crippen LogP contribution in [0.15, 0.2) is 21.4 Å². The summed E-state index contributed by atoms with van der Waals surface area (Å²) in [6, 6.07) is 3.56. The minimum atomic E-state index is -0.213. The molecule has 68 valence electrons. The van der Waals surface area contributed by atoms with E-state index in [4.69, 9.17) is 4.74 Å². The minimum absolute atomic E-state index is 0.213. The van der Waals surface area contributed by atoms with Crippen LogP contribution in [0.4, 0.5) is 0 Å². The summed E-state index contributed by atoms with van der Waals surface area (Å²) >= 11 is 3.33. The maximum Gasteiger partial charge on any atom is 0.323 e. The third kappa shape index (κ3) is 1.35. The van der Waals surface area contributed by atoms with E-state index < -0.39 is 0 Å². The van der Waals surface area contributed by atoms with E-state index in [0.717, 1.165) is 15.5 Å². The number of ether oxygens (including phenoxy) is 1. The summed E-state index contributed by atoms with van der Waals surface area (Å²) in [5, 5.41) is 0. The summed E-state index contributed by atoms with van der Waals surface area (Å²) in [4.78, 5) is 16.2. The molecule has 1 heterocycles. The fraction of sp³-hybridized carbons (Fsp3) is 0.125. The van der Waals surface area contributed by atoms with Crippen LogP contribution in [0.25, 0.3) is 11.0 Å². The van der Waals surface area contributed by atoms with Gasteiger partial charge in [0, 0.05) is 6.07 Å². The van der Waals surface area contributed by atoms with Crippen LogP contribution >= 0.6 is 15.9 Å². The van der Waals surface area contributed by atoms with Crippen LogP contribution in [0.1, 0.15) is 0 Å². The zero-order valence-corrected chi connectivity index (χ0v) is 8.44. The average molecular weight is 243 g/mol. The Balaban J connectivity index is 2.80. The van der Waals surface area contributed by atoms with E-state index in [-0.39, 0.29) is 5.69 Å². The van der Waals surface area contributed by atoms with Crippen molar-refractivity contribution in [1.82, 2.24) is 9.97 Å². The molecule has 0 atom stereocenters. The minimum Gasteiger partial charge on any atom is -0.495 e. The van der Waals surface area contributed by atoms with Crippen LogP contribution in [0.5, 0.6) is 5.75 Å². The summed E-state index contributed by atoms with van der Waals surface area (Å²) < 4.78 is 5.90. The van der Waals surface area contributed by atoms with Crippen LogP contribution in [-0.4, -0.2) is 17.1 Å². The maximum absolute atomic E-state index is 10.9. The predicted octanol–water partition coefficient (Wildman–Crippen LogP) is 1.63. The Morgan fingerprint density at radius 3 is 2.54 bits per heavy atom. The van der Waals surface area contributed by atoms with Gasteiger partial charge >= 0.3 is 5.69 Å². The molecule has 2 aromatic rings. The van der Waals surface area contributed by atoms with Crippen molar-refractivity contribution < 1.29 is 4.74 Å². The highest BCUT2D eigenvalue weighted by atomic mass is 79.9. The van der Waals surface area contributed by atoms with E-state index in [1.165, 1.54) is 0 Å². The average Bonchev–Trinajstić information content (AvgIpc) is 2.42. The largest absolute Gasteiger partial charge is 0.495 e. The molecule has 0 unspecified atom stereocenters. The molecular formula is C8H7BrN2O2. The smallest absolute Gasteiger partial charge is 0.323 e. The van der Waals surface area contributed by atoms with Crippen molar-refractivity contribution in [2.24, 2.45) is 0 Å². The quantitative estimate of drug-likeness (QED) is 0.799. The van der Waals surface area contributed by atoms with Gasteiger partial charge < -0.3 is 14.7 Å². The topological polar surface area (TPSA) is 57.9 Å². The van der Waals surface area contributed by atoms with Gasteiger partial charge in [-0.1, -0.05) is 0 Å². The second-order valence-corrected chi connectivity index (χ2v) is 3.47. The number of rotatable bonds is 1. The number of hydrogen-bond acceptors (Lipinski definition) is 2. The monoisotopic (exact) mass is 242 g/mol. The summed E-state index contributed by atoms with van der Waals surface area (Å²) in [6.45, 7) is 0. The summed E-state index contributed by atoms with van der Waals surface area (Å²) in [6.07, 6.45) is 0. The van der Waals surface area contributed by atoms with Gasteiger partial charge in [0.25, 0.3) is 0 Å². The molecule has 0 radical (unpaired) electrons. The van der Waals surface area contributed by atoms with Gasteiger partial charge in [0.2, 0.25) is 0 Å². The Morgan fingerprint density at radius 1 is 1.31 bits per heavy atom. The van der Waals surface area contributed by atoms with Crippen LogP contribution in [0, 0.1) is 0 Å². The number of halogens is 1. The van der Waals surface area contributed by atoms with E-state index in [1.54, 1.807) is 19.2 Å². The van der Waals surface area contributed by atoms with E-state index in [9.17, 15) is 4.79 Å². The Hall–Kier alpha value is -1.23. The molecule has 5 heteroatoms. The Morgan fingerprint density at radius 2 is 1.92 bits per heavy atom. The lowest BCUT2D eigenvalue weighted by atomic mass is 10.3. The molecular weight excluding hydrogens is 236 g/mol. The van der Waals surface area contributed by atoms with Crippen molar-refractivity contribution in [3.05, 3.63) is 27.1 Å². The lowest BCUT2D eigenvalue weighted by molar-refractivity contribution is 0.412. The molecule has 0 aliphatic heterocycles. The number of aromatic amines is 2. The molecule has 2 N–H and O–H groups in total. The zero-order valence-electron chi connectivity index (χ0n) is 6.85. The molecule has 1 aromatic heterocycles. The molecule has 1 aromatic carbocycles. The Labute approximate surface area is 82.0 Å². The first-order chi connectivity index (χ1) is 6.20. The first-order valence-electron chi connectivity index (χ1n) is 3.66. The van der Waals surface area contributed by atoms with Crippen LogP contribution in [0.3, 0.4) is 0 Å². The van der Waals surface area contributed by atoms with Gasteiger partial charge in [0.05, 0.1) is 22.6 Å². The highest BCUT2D eigenvalue weighted by Gasteiger charge is 2.04. The van der Waals surface area contributed by atoms with E-state index >= 15 is 0 Å². The van der Waals surface area contributed by atoms with Gasteiger partial charge in [0.1, 0.15) is 5.75 Å². The predicted molar refractivity (Wildman–Crippen MR) is 53.2 cm³/mol. The summed E-state index contributed by atoms with van der Waals surface area (Å²) in [5.74, 6) is 0.697. The highest BCUT2D eigenvalue weighted by Crippen LogP contribution is 2.27. The zero-order chi connectivity index (χ0) is 9.42. The van der Waals surface area contributed by atoms with Crippen molar-refractivity contribution in [3.63, 3.8) is 0 Å².